The van der Waals surface area contributed by atoms with E-state index in [0.717, 1.165) is 24.2 Å². The SMILES string of the molecule is O=C(N[C@H]1C[C@@H]2C[C@@H]2C[C@H]2CC[C@@H](C(=O)N3CC(c4cc(C(F)F)on4)C3)N2C1=O)c1cc2cc(C(F)P(=O)(O)O)ccc2s1. The smallest absolute Gasteiger partial charge is 0.355 e. The number of fused-ring (bicyclic) bond motifs is 3. The molecule has 3 aliphatic heterocycles. The number of nitrogens with zero attached hydrogens (tertiary/aromatic N) is 3. The molecule has 5 heterocycles. The molecule has 1 aromatic carbocycles. The number of hydrogen-bond donors (Lipinski definition) is 3. The summed E-state index contributed by atoms with van der Waals surface area (Å²) in [5, 5.41) is 7.04. The van der Waals surface area contributed by atoms with Gasteiger partial charge >= 0.3 is 7.60 Å². The van der Waals surface area contributed by atoms with Gasteiger partial charge in [-0.2, -0.15) is 0 Å². The normalized spacial score (nSPS) is 27.5. The summed E-state index contributed by atoms with van der Waals surface area (Å²) < 4.78 is 56.7. The van der Waals surface area contributed by atoms with Gasteiger partial charge < -0.3 is 29.4 Å². The second kappa shape index (κ2) is 11.2. The van der Waals surface area contributed by atoms with Crippen molar-refractivity contribution in [3.05, 3.63) is 52.2 Å². The highest BCUT2D eigenvalue weighted by atomic mass is 32.1. The van der Waals surface area contributed by atoms with Crippen LogP contribution in [0.2, 0.25) is 0 Å². The Morgan fingerprint density at radius 2 is 1.82 bits per heavy atom. The summed E-state index contributed by atoms with van der Waals surface area (Å²) >= 11 is 1.12. The van der Waals surface area contributed by atoms with E-state index in [2.05, 4.69) is 15.0 Å². The largest absolute Gasteiger partial charge is 0.363 e. The molecule has 16 heteroatoms. The van der Waals surface area contributed by atoms with E-state index < -0.39 is 43.7 Å². The second-order valence-corrected chi connectivity index (χ2v) is 15.2. The Labute approximate surface area is 258 Å². The Morgan fingerprint density at radius 3 is 2.53 bits per heavy atom. The predicted molar refractivity (Wildman–Crippen MR) is 154 cm³/mol. The summed E-state index contributed by atoms with van der Waals surface area (Å²) in [7, 11) is -5.00. The Kier molecular flexibility index (Phi) is 7.58. The number of rotatable bonds is 7. The van der Waals surface area contributed by atoms with Crippen LogP contribution in [0.4, 0.5) is 13.2 Å². The third kappa shape index (κ3) is 5.68. The lowest BCUT2D eigenvalue weighted by atomic mass is 9.94. The van der Waals surface area contributed by atoms with Gasteiger partial charge in [0.15, 0.2) is 0 Å². The van der Waals surface area contributed by atoms with E-state index in [9.17, 15) is 41.9 Å². The first-order chi connectivity index (χ1) is 21.4. The molecule has 2 aromatic heterocycles. The van der Waals surface area contributed by atoms with Crippen LogP contribution in [0.5, 0.6) is 0 Å². The molecule has 0 bridgehead atoms. The molecule has 3 saturated heterocycles. The van der Waals surface area contributed by atoms with Crippen molar-refractivity contribution < 1.29 is 46.4 Å². The topological polar surface area (TPSA) is 153 Å². The van der Waals surface area contributed by atoms with Crippen LogP contribution in [-0.4, -0.2) is 73.7 Å². The van der Waals surface area contributed by atoms with E-state index >= 15 is 0 Å². The summed E-state index contributed by atoms with van der Waals surface area (Å²) in [6.07, 6.45) is 0.606. The van der Waals surface area contributed by atoms with Crippen molar-refractivity contribution in [2.75, 3.05) is 13.1 Å². The average Bonchev–Trinajstić information content (AvgIpc) is 3.34. The summed E-state index contributed by atoms with van der Waals surface area (Å²) in [5.41, 5.74) is 0.172. The van der Waals surface area contributed by atoms with E-state index in [-0.39, 0.29) is 47.3 Å². The fourth-order valence-corrected chi connectivity index (χ4v) is 8.53. The lowest BCUT2D eigenvalue weighted by Crippen LogP contribution is -2.59. The molecular formula is C29H30F3N4O7PS. The van der Waals surface area contributed by atoms with E-state index in [1.54, 1.807) is 9.80 Å². The average molecular weight is 667 g/mol. The molecule has 3 aromatic rings. The van der Waals surface area contributed by atoms with Crippen molar-refractivity contribution in [2.45, 2.75) is 68.5 Å². The van der Waals surface area contributed by atoms with Gasteiger partial charge in [0.05, 0.1) is 10.6 Å². The van der Waals surface area contributed by atoms with Gasteiger partial charge in [0.25, 0.3) is 12.3 Å². The van der Waals surface area contributed by atoms with Crippen LogP contribution in [0.3, 0.4) is 0 Å². The van der Waals surface area contributed by atoms with Gasteiger partial charge in [-0.1, -0.05) is 11.2 Å². The fraction of sp³-hybridized carbons (Fsp3) is 0.517. The second-order valence-electron chi connectivity index (χ2n) is 12.5. The van der Waals surface area contributed by atoms with Crippen molar-refractivity contribution >= 4 is 46.7 Å². The van der Waals surface area contributed by atoms with Crippen LogP contribution >= 0.6 is 18.9 Å². The van der Waals surface area contributed by atoms with Gasteiger partial charge in [-0.05, 0) is 73.1 Å². The van der Waals surface area contributed by atoms with Crippen molar-refractivity contribution in [2.24, 2.45) is 11.8 Å². The zero-order valence-corrected chi connectivity index (χ0v) is 25.4. The minimum absolute atomic E-state index is 0.118. The Hall–Kier alpha value is -3.26. The fourth-order valence-electron chi connectivity index (χ4n) is 7.03. The number of carbonyl (C=O) groups is 3. The molecule has 0 radical (unpaired) electrons. The van der Waals surface area contributed by atoms with Crippen LogP contribution in [0.15, 0.2) is 34.9 Å². The van der Waals surface area contributed by atoms with Gasteiger partial charge in [-0.15, -0.1) is 11.3 Å². The summed E-state index contributed by atoms with van der Waals surface area (Å²) in [6.45, 7) is 0.570. The molecule has 6 atom stereocenters. The van der Waals surface area contributed by atoms with Crippen molar-refractivity contribution in [1.82, 2.24) is 20.3 Å². The number of hydrogen-bond acceptors (Lipinski definition) is 7. The van der Waals surface area contributed by atoms with Gasteiger partial charge in [0.2, 0.25) is 23.5 Å². The first kappa shape index (κ1) is 30.4. The Morgan fingerprint density at radius 1 is 1.07 bits per heavy atom. The van der Waals surface area contributed by atoms with Crippen LogP contribution in [0, 0.1) is 11.8 Å². The van der Waals surface area contributed by atoms with Crippen LogP contribution < -0.4 is 5.32 Å². The zero-order chi connectivity index (χ0) is 31.8. The van der Waals surface area contributed by atoms with Crippen LogP contribution in [-0.2, 0) is 14.2 Å². The number of nitrogens with one attached hydrogen (secondary N) is 1. The van der Waals surface area contributed by atoms with Crippen molar-refractivity contribution in [3.63, 3.8) is 0 Å². The Bertz CT molecular complexity index is 1720. The third-order valence-electron chi connectivity index (χ3n) is 9.54. The third-order valence-corrected chi connectivity index (χ3v) is 11.5. The molecule has 1 unspecified atom stereocenters. The maximum absolute atomic E-state index is 14.3. The van der Waals surface area contributed by atoms with Gasteiger partial charge in [0.1, 0.15) is 12.1 Å². The highest BCUT2D eigenvalue weighted by molar-refractivity contribution is 7.51. The molecule has 0 spiro atoms. The number of aromatic nitrogens is 1. The number of thiophene rings is 1. The standard InChI is InChI=1S/C29H30F3N4O7PS/c30-25(31)22-10-19(34-43-22)17-11-35(12-17)29(39)21-3-2-18-7-14-6-15(14)8-20(28(38)36(18)21)33-27(37)24-9-16-5-13(1-4-23(16)45-24)26(32)44(40,41)42/h1,4-5,9-10,14-15,17-18,20-21,25-26H,2-3,6-8,11-12H2,(H,33,37)(H2,40,41,42)/t14-,15+,18-,20+,21+,26?/m1/s1. The summed E-state index contributed by atoms with van der Waals surface area (Å²) in [5.74, 6) is -3.53. The molecule has 11 nitrogen and oxygen atoms in total. The van der Waals surface area contributed by atoms with E-state index in [4.69, 9.17) is 0 Å². The van der Waals surface area contributed by atoms with Gasteiger partial charge in [-0.3, -0.25) is 18.9 Å². The lowest BCUT2D eigenvalue weighted by molar-refractivity contribution is -0.149. The first-order valence-electron chi connectivity index (χ1n) is 14.8. The minimum atomic E-state index is -5.00. The quantitative estimate of drug-likeness (QED) is 0.312. The monoisotopic (exact) mass is 666 g/mol. The number of carbonyl (C=O) groups excluding carboxylic acids is 3. The van der Waals surface area contributed by atoms with E-state index in [0.29, 0.717) is 46.9 Å². The number of alkyl halides is 3. The molecule has 1 aliphatic carbocycles. The molecule has 3 amide bonds. The highest BCUT2D eigenvalue weighted by Gasteiger charge is 2.52. The molecular weight excluding hydrogens is 636 g/mol. The summed E-state index contributed by atoms with van der Waals surface area (Å²) in [4.78, 5) is 63.0. The molecule has 45 heavy (non-hydrogen) atoms. The van der Waals surface area contributed by atoms with Gasteiger partial charge in [0, 0.05) is 35.8 Å². The first-order valence-corrected chi connectivity index (χ1v) is 17.3. The molecule has 3 N–H and O–H groups in total. The van der Waals surface area contributed by atoms with Crippen LogP contribution in [0.1, 0.15) is 77.0 Å². The van der Waals surface area contributed by atoms with Gasteiger partial charge in [-0.25, -0.2) is 13.2 Å². The molecule has 240 valence electrons. The van der Waals surface area contributed by atoms with E-state index in [1.807, 2.05) is 0 Å². The maximum atomic E-state index is 14.3. The highest BCUT2D eigenvalue weighted by Crippen LogP contribution is 2.53. The van der Waals surface area contributed by atoms with Crippen LogP contribution in [0.25, 0.3) is 10.1 Å². The zero-order valence-electron chi connectivity index (χ0n) is 23.7. The number of likely N-dealkylation sites (tertiary alicyclic amines) is 1. The Balaban J connectivity index is 1.05. The number of amides is 3. The number of halogens is 3. The van der Waals surface area contributed by atoms with Crippen molar-refractivity contribution in [3.8, 4) is 0 Å². The lowest BCUT2D eigenvalue weighted by Gasteiger charge is -2.42. The number of benzene rings is 1. The molecule has 7 rings (SSSR count). The van der Waals surface area contributed by atoms with Crippen molar-refractivity contribution in [1.29, 1.82) is 0 Å². The summed E-state index contributed by atoms with van der Waals surface area (Å²) in [6, 6.07) is 5.13. The molecule has 4 fully saturated rings. The minimum Gasteiger partial charge on any atom is -0.355 e. The predicted octanol–water partition coefficient (Wildman–Crippen LogP) is 4.49. The molecule has 4 aliphatic rings. The maximum Gasteiger partial charge on any atom is 0.363 e. The van der Waals surface area contributed by atoms with E-state index in [1.165, 1.54) is 30.3 Å². The molecule has 1 saturated carbocycles.